The second-order valence-corrected chi connectivity index (χ2v) is 3.22. The van der Waals surface area contributed by atoms with Crippen molar-refractivity contribution < 1.29 is 4.79 Å². The minimum atomic E-state index is -0.274. The van der Waals surface area contributed by atoms with Gasteiger partial charge in [0.1, 0.15) is 0 Å². The topological polar surface area (TPSA) is 72.3 Å². The second kappa shape index (κ2) is 3.19. The zero-order valence-corrected chi connectivity index (χ0v) is 6.79. The predicted molar refractivity (Wildman–Crippen MR) is 42.8 cm³/mol. The molecule has 64 valence electrons. The molecule has 1 aliphatic heterocycles. The zero-order chi connectivity index (χ0) is 8.43. The monoisotopic (exact) mass is 157 g/mol. The fraction of sp³-hybridized carbons (Fsp3) is 0.857. The quantitative estimate of drug-likeness (QED) is 0.499. The van der Waals surface area contributed by atoms with E-state index in [0.29, 0.717) is 6.54 Å². The summed E-state index contributed by atoms with van der Waals surface area (Å²) in [6.07, 6.45) is 0.865. The van der Waals surface area contributed by atoms with Crippen molar-refractivity contribution in [1.82, 2.24) is 4.90 Å². The SMILES string of the molecule is CN1CCC(N)C(C(N)=O)C1. The van der Waals surface area contributed by atoms with Crippen molar-refractivity contribution in [2.24, 2.45) is 17.4 Å². The summed E-state index contributed by atoms with van der Waals surface area (Å²) < 4.78 is 0. The van der Waals surface area contributed by atoms with Crippen LogP contribution in [-0.2, 0) is 4.79 Å². The van der Waals surface area contributed by atoms with Gasteiger partial charge in [-0.25, -0.2) is 0 Å². The summed E-state index contributed by atoms with van der Waals surface area (Å²) >= 11 is 0. The first-order valence-electron chi connectivity index (χ1n) is 3.84. The van der Waals surface area contributed by atoms with Gasteiger partial charge in [0.2, 0.25) is 5.91 Å². The first-order chi connectivity index (χ1) is 5.11. The van der Waals surface area contributed by atoms with Gasteiger partial charge in [0.25, 0.3) is 0 Å². The lowest BCUT2D eigenvalue weighted by atomic mass is 9.93. The molecule has 4 heteroatoms. The molecule has 2 unspecified atom stereocenters. The Labute approximate surface area is 66.5 Å². The van der Waals surface area contributed by atoms with E-state index in [-0.39, 0.29) is 17.9 Å². The fourth-order valence-electron chi connectivity index (χ4n) is 1.43. The lowest BCUT2D eigenvalue weighted by Crippen LogP contribution is -2.50. The molecule has 0 aromatic heterocycles. The van der Waals surface area contributed by atoms with E-state index < -0.39 is 0 Å². The lowest BCUT2D eigenvalue weighted by molar-refractivity contribution is -0.123. The Morgan fingerprint density at radius 2 is 2.27 bits per heavy atom. The number of rotatable bonds is 1. The Bertz CT molecular complexity index is 160. The Morgan fingerprint density at radius 3 is 2.73 bits per heavy atom. The van der Waals surface area contributed by atoms with Crippen LogP contribution in [0, 0.1) is 5.92 Å². The summed E-state index contributed by atoms with van der Waals surface area (Å²) in [4.78, 5) is 12.9. The van der Waals surface area contributed by atoms with E-state index in [1.54, 1.807) is 0 Å². The molecule has 0 spiro atoms. The molecule has 0 aromatic carbocycles. The molecule has 0 aliphatic carbocycles. The average molecular weight is 157 g/mol. The molecule has 11 heavy (non-hydrogen) atoms. The Morgan fingerprint density at radius 1 is 1.64 bits per heavy atom. The maximum absolute atomic E-state index is 10.8. The summed E-state index contributed by atoms with van der Waals surface area (Å²) in [5.41, 5.74) is 10.9. The third-order valence-electron chi connectivity index (χ3n) is 2.23. The zero-order valence-electron chi connectivity index (χ0n) is 6.79. The van der Waals surface area contributed by atoms with Crippen molar-refractivity contribution in [3.05, 3.63) is 0 Å². The highest BCUT2D eigenvalue weighted by Crippen LogP contribution is 2.13. The van der Waals surface area contributed by atoms with Gasteiger partial charge in [-0.3, -0.25) is 4.79 Å². The highest BCUT2D eigenvalue weighted by atomic mass is 16.1. The molecule has 4 N–H and O–H groups in total. The molecule has 2 atom stereocenters. The molecule has 0 bridgehead atoms. The van der Waals surface area contributed by atoms with Gasteiger partial charge < -0.3 is 16.4 Å². The number of carbonyl (C=O) groups excluding carboxylic acids is 1. The number of nitrogens with zero attached hydrogens (tertiary/aromatic N) is 1. The number of nitrogens with two attached hydrogens (primary N) is 2. The van der Waals surface area contributed by atoms with Gasteiger partial charge in [0.15, 0.2) is 0 Å². The second-order valence-electron chi connectivity index (χ2n) is 3.22. The summed E-state index contributed by atoms with van der Waals surface area (Å²) in [7, 11) is 1.97. The van der Waals surface area contributed by atoms with Crippen LogP contribution in [0.4, 0.5) is 0 Å². The van der Waals surface area contributed by atoms with Gasteiger partial charge in [0.05, 0.1) is 5.92 Å². The third kappa shape index (κ3) is 1.91. The summed E-state index contributed by atoms with van der Waals surface area (Å²) in [5, 5.41) is 0. The number of primary amides is 1. The van der Waals surface area contributed by atoms with Gasteiger partial charge in [-0.05, 0) is 20.0 Å². The van der Waals surface area contributed by atoms with Crippen LogP contribution in [0.5, 0.6) is 0 Å². The summed E-state index contributed by atoms with van der Waals surface area (Å²) in [6.45, 7) is 1.67. The number of likely N-dealkylation sites (tertiary alicyclic amines) is 1. The van der Waals surface area contributed by atoms with Crippen LogP contribution in [0.3, 0.4) is 0 Å². The van der Waals surface area contributed by atoms with Crippen LogP contribution in [-0.4, -0.2) is 37.0 Å². The van der Waals surface area contributed by atoms with E-state index in [4.69, 9.17) is 11.5 Å². The van der Waals surface area contributed by atoms with Crippen molar-refractivity contribution in [1.29, 1.82) is 0 Å². The fourth-order valence-corrected chi connectivity index (χ4v) is 1.43. The van der Waals surface area contributed by atoms with Gasteiger partial charge in [-0.15, -0.1) is 0 Å². The van der Waals surface area contributed by atoms with Gasteiger partial charge >= 0.3 is 0 Å². The summed E-state index contributed by atoms with van der Waals surface area (Å²) in [5.74, 6) is -0.433. The molecule has 4 nitrogen and oxygen atoms in total. The largest absolute Gasteiger partial charge is 0.369 e. The minimum Gasteiger partial charge on any atom is -0.369 e. The number of hydrogen-bond acceptors (Lipinski definition) is 3. The van der Waals surface area contributed by atoms with E-state index in [0.717, 1.165) is 13.0 Å². The van der Waals surface area contributed by atoms with Crippen molar-refractivity contribution in [3.8, 4) is 0 Å². The number of carbonyl (C=O) groups is 1. The third-order valence-corrected chi connectivity index (χ3v) is 2.23. The van der Waals surface area contributed by atoms with Crippen LogP contribution in [0.15, 0.2) is 0 Å². The molecule has 1 aliphatic rings. The average Bonchev–Trinajstić information content (AvgIpc) is 1.94. The molecule has 0 saturated carbocycles. The smallest absolute Gasteiger partial charge is 0.223 e. The number of amides is 1. The van der Waals surface area contributed by atoms with Crippen molar-refractivity contribution >= 4 is 5.91 Å². The molecule has 1 amide bonds. The molecular formula is C7H15N3O. The van der Waals surface area contributed by atoms with Gasteiger partial charge in [0, 0.05) is 12.6 Å². The first-order valence-corrected chi connectivity index (χ1v) is 3.84. The van der Waals surface area contributed by atoms with Crippen molar-refractivity contribution in [2.45, 2.75) is 12.5 Å². The van der Waals surface area contributed by atoms with E-state index in [1.165, 1.54) is 0 Å². The molecule has 1 fully saturated rings. The van der Waals surface area contributed by atoms with Crippen molar-refractivity contribution in [2.75, 3.05) is 20.1 Å². The molecule has 1 saturated heterocycles. The molecule has 0 radical (unpaired) electrons. The molecule has 0 aromatic rings. The maximum Gasteiger partial charge on any atom is 0.223 e. The number of hydrogen-bond donors (Lipinski definition) is 2. The van der Waals surface area contributed by atoms with Crippen LogP contribution < -0.4 is 11.5 Å². The molecule has 1 rings (SSSR count). The lowest BCUT2D eigenvalue weighted by Gasteiger charge is -2.32. The van der Waals surface area contributed by atoms with Crippen LogP contribution in [0.25, 0.3) is 0 Å². The van der Waals surface area contributed by atoms with Crippen molar-refractivity contribution in [3.63, 3.8) is 0 Å². The Balaban J connectivity index is 2.54. The minimum absolute atomic E-state index is 0.0382. The van der Waals surface area contributed by atoms with Crippen LogP contribution >= 0.6 is 0 Å². The highest BCUT2D eigenvalue weighted by Gasteiger charge is 2.28. The predicted octanol–water partition coefficient (Wildman–Crippen LogP) is -1.25. The number of piperidine rings is 1. The Kier molecular flexibility index (Phi) is 2.46. The van der Waals surface area contributed by atoms with E-state index in [9.17, 15) is 4.79 Å². The van der Waals surface area contributed by atoms with Gasteiger partial charge in [-0.2, -0.15) is 0 Å². The van der Waals surface area contributed by atoms with E-state index in [1.807, 2.05) is 7.05 Å². The molecular weight excluding hydrogens is 142 g/mol. The first kappa shape index (κ1) is 8.49. The Hall–Kier alpha value is -0.610. The highest BCUT2D eigenvalue weighted by molar-refractivity contribution is 5.77. The van der Waals surface area contributed by atoms with Crippen LogP contribution in [0.2, 0.25) is 0 Å². The van der Waals surface area contributed by atoms with E-state index in [2.05, 4.69) is 4.90 Å². The normalized spacial score (nSPS) is 33.6. The standard InChI is InChI=1S/C7H15N3O/c1-10-3-2-6(8)5(4-10)7(9)11/h5-6H,2-4,8H2,1H3,(H2,9,11). The maximum atomic E-state index is 10.8. The molecule has 1 heterocycles. The van der Waals surface area contributed by atoms with Gasteiger partial charge in [-0.1, -0.05) is 0 Å². The summed E-state index contributed by atoms with van der Waals surface area (Å²) in [6, 6.07) is -0.0382. The van der Waals surface area contributed by atoms with E-state index >= 15 is 0 Å². The van der Waals surface area contributed by atoms with Crippen LogP contribution in [0.1, 0.15) is 6.42 Å².